The second-order valence-electron chi connectivity index (χ2n) is 9.54. The van der Waals surface area contributed by atoms with Gasteiger partial charge in [-0.25, -0.2) is 17.8 Å². The van der Waals surface area contributed by atoms with E-state index >= 15 is 0 Å². The fourth-order valence-corrected chi connectivity index (χ4v) is 6.30. The van der Waals surface area contributed by atoms with Gasteiger partial charge in [-0.3, -0.25) is 14.0 Å². The van der Waals surface area contributed by atoms with Crippen LogP contribution in [0.1, 0.15) is 27.5 Å². The monoisotopic (exact) mass is 598 g/mol. The van der Waals surface area contributed by atoms with E-state index in [1.54, 1.807) is 18.2 Å². The summed E-state index contributed by atoms with van der Waals surface area (Å²) in [5.41, 5.74) is 2.02. The molecule has 1 amide bonds. The topological polar surface area (TPSA) is 82.6 Å². The lowest BCUT2D eigenvalue weighted by Gasteiger charge is -2.48. The number of pyridine rings is 1. The molecule has 3 aromatic carbocycles. The summed E-state index contributed by atoms with van der Waals surface area (Å²) in [6, 6.07) is 22.9. The summed E-state index contributed by atoms with van der Waals surface area (Å²) in [7, 11) is -3.82. The molecule has 1 saturated heterocycles. The molecule has 0 unspecified atom stereocenters. The highest BCUT2D eigenvalue weighted by Crippen LogP contribution is 2.37. The molecule has 1 aromatic heterocycles. The molecule has 0 bridgehead atoms. The molecule has 2 heterocycles. The first kappa shape index (κ1) is 28.0. The van der Waals surface area contributed by atoms with Gasteiger partial charge in [-0.05, 0) is 65.7 Å². The molecule has 1 fully saturated rings. The molecule has 206 valence electrons. The van der Waals surface area contributed by atoms with Crippen molar-refractivity contribution in [3.63, 3.8) is 0 Å². The summed E-state index contributed by atoms with van der Waals surface area (Å²) in [6.07, 6.45) is 2.59. The molecule has 0 spiro atoms. The normalized spacial score (nSPS) is 14.1. The Balaban J connectivity index is 1.42. The number of likely N-dealkylation sites (tertiary alicyclic amines) is 1. The third-order valence-electron chi connectivity index (χ3n) is 6.62. The molecule has 0 saturated carbocycles. The number of anilines is 2. The van der Waals surface area contributed by atoms with E-state index in [1.807, 2.05) is 48.5 Å². The lowest BCUT2D eigenvalue weighted by Crippen LogP contribution is -2.61. The van der Waals surface area contributed by atoms with Crippen LogP contribution in [-0.4, -0.2) is 49.6 Å². The number of carbonyl (C=O) groups excluding carboxylic acids is 1. The maximum Gasteiger partial charge on any atom is 0.256 e. The standard InChI is InChI=1S/C29H25Cl2FN4O3S/c1-40(38,39)36(25-15-21(14-24(32)16-25)29(37)34-27-4-2-3-13-33-27)26-17-35(18-26)28(19-5-9-22(30)10-6-19)20-7-11-23(31)12-8-20/h2-16,26,28H,17-18H2,1H3,(H,33,34,37). The SMILES string of the molecule is CS(=O)(=O)N(c1cc(F)cc(C(=O)Nc2ccccn2)c1)C1CN(C(c2ccc(Cl)cc2)c2ccc(Cl)cc2)C1. The number of halogens is 3. The van der Waals surface area contributed by atoms with Crippen molar-refractivity contribution in [1.82, 2.24) is 9.88 Å². The van der Waals surface area contributed by atoms with Gasteiger partial charge in [-0.15, -0.1) is 0 Å². The van der Waals surface area contributed by atoms with E-state index in [1.165, 1.54) is 16.6 Å². The quantitative estimate of drug-likeness (QED) is 0.268. The molecule has 1 N–H and O–H groups in total. The average molecular weight is 600 g/mol. The summed E-state index contributed by atoms with van der Waals surface area (Å²) in [4.78, 5) is 19.0. The van der Waals surface area contributed by atoms with Gasteiger partial charge in [0.2, 0.25) is 10.0 Å². The van der Waals surface area contributed by atoms with Crippen molar-refractivity contribution in [3.8, 4) is 0 Å². The van der Waals surface area contributed by atoms with E-state index in [9.17, 15) is 17.6 Å². The molecule has 5 rings (SSSR count). The second kappa shape index (κ2) is 11.5. The van der Waals surface area contributed by atoms with Crippen LogP contribution in [0.3, 0.4) is 0 Å². The number of amides is 1. The largest absolute Gasteiger partial charge is 0.307 e. The van der Waals surface area contributed by atoms with Crippen molar-refractivity contribution in [3.05, 3.63) is 124 Å². The first-order valence-corrected chi connectivity index (χ1v) is 15.0. The van der Waals surface area contributed by atoms with Crippen LogP contribution in [0.4, 0.5) is 15.9 Å². The number of aromatic nitrogens is 1. The van der Waals surface area contributed by atoms with Crippen LogP contribution < -0.4 is 9.62 Å². The Kier molecular flexibility index (Phi) is 8.09. The Hall–Kier alpha value is -3.50. The lowest BCUT2D eigenvalue weighted by molar-refractivity contribution is 0.102. The highest BCUT2D eigenvalue weighted by molar-refractivity contribution is 7.92. The average Bonchev–Trinajstić information content (AvgIpc) is 2.88. The zero-order valence-electron chi connectivity index (χ0n) is 21.3. The number of rotatable bonds is 8. The summed E-state index contributed by atoms with van der Waals surface area (Å²) < 4.78 is 41.9. The number of nitrogens with one attached hydrogen (secondary N) is 1. The number of hydrogen-bond acceptors (Lipinski definition) is 5. The minimum absolute atomic E-state index is 0.0225. The van der Waals surface area contributed by atoms with Crippen molar-refractivity contribution in [2.75, 3.05) is 29.0 Å². The molecule has 1 aliphatic rings. The molecule has 40 heavy (non-hydrogen) atoms. The van der Waals surface area contributed by atoms with Crippen LogP contribution >= 0.6 is 23.2 Å². The molecule has 11 heteroatoms. The fraction of sp³-hybridized carbons (Fsp3) is 0.172. The molecule has 0 atom stereocenters. The molecule has 0 aliphatic carbocycles. The molecular weight excluding hydrogens is 574 g/mol. The van der Waals surface area contributed by atoms with E-state index in [-0.39, 0.29) is 17.3 Å². The Morgan fingerprint density at radius 3 is 2.10 bits per heavy atom. The van der Waals surface area contributed by atoms with Crippen molar-refractivity contribution >= 4 is 50.6 Å². The van der Waals surface area contributed by atoms with E-state index in [0.717, 1.165) is 29.5 Å². The minimum Gasteiger partial charge on any atom is -0.307 e. The number of sulfonamides is 1. The number of carbonyl (C=O) groups is 1. The van der Waals surface area contributed by atoms with Gasteiger partial charge in [-0.2, -0.15) is 0 Å². The van der Waals surface area contributed by atoms with Crippen molar-refractivity contribution < 1.29 is 17.6 Å². The summed E-state index contributed by atoms with van der Waals surface area (Å²) in [5.74, 6) is -1.04. The smallest absolute Gasteiger partial charge is 0.256 e. The predicted octanol–water partition coefficient (Wildman–Crippen LogP) is 6.02. The van der Waals surface area contributed by atoms with Gasteiger partial charge in [-0.1, -0.05) is 53.5 Å². The first-order chi connectivity index (χ1) is 19.1. The Bertz CT molecular complexity index is 1570. The molecule has 1 aliphatic heterocycles. The van der Waals surface area contributed by atoms with Crippen LogP contribution in [0.5, 0.6) is 0 Å². The van der Waals surface area contributed by atoms with Crippen molar-refractivity contribution in [2.24, 2.45) is 0 Å². The van der Waals surface area contributed by atoms with Gasteiger partial charge in [0, 0.05) is 34.9 Å². The van der Waals surface area contributed by atoms with Gasteiger partial charge < -0.3 is 5.32 Å². The number of nitrogens with zero attached hydrogens (tertiary/aromatic N) is 3. The lowest BCUT2D eigenvalue weighted by atomic mass is 9.93. The molecular formula is C29H25Cl2FN4O3S. The zero-order chi connectivity index (χ0) is 28.4. The third kappa shape index (κ3) is 6.28. The van der Waals surface area contributed by atoms with Gasteiger partial charge in [0.25, 0.3) is 5.91 Å². The second-order valence-corrected chi connectivity index (χ2v) is 12.3. The van der Waals surface area contributed by atoms with Crippen LogP contribution in [0.25, 0.3) is 0 Å². The maximum absolute atomic E-state index is 14.7. The summed E-state index contributed by atoms with van der Waals surface area (Å²) in [6.45, 7) is 0.740. The Labute approximate surface area is 242 Å². The Morgan fingerprint density at radius 1 is 0.975 bits per heavy atom. The van der Waals surface area contributed by atoms with Crippen LogP contribution in [-0.2, 0) is 10.0 Å². The van der Waals surface area contributed by atoms with Gasteiger partial charge in [0.1, 0.15) is 11.6 Å². The number of benzene rings is 3. The minimum atomic E-state index is -3.82. The van der Waals surface area contributed by atoms with Crippen LogP contribution in [0.15, 0.2) is 91.1 Å². The highest BCUT2D eigenvalue weighted by atomic mass is 35.5. The van der Waals surface area contributed by atoms with E-state index in [0.29, 0.717) is 29.0 Å². The summed E-state index contributed by atoms with van der Waals surface area (Å²) in [5, 5.41) is 3.82. The van der Waals surface area contributed by atoms with E-state index in [2.05, 4.69) is 15.2 Å². The van der Waals surface area contributed by atoms with Crippen molar-refractivity contribution in [1.29, 1.82) is 0 Å². The fourth-order valence-electron chi connectivity index (χ4n) is 4.88. The third-order valence-corrected chi connectivity index (χ3v) is 8.35. The molecule has 4 aromatic rings. The Morgan fingerprint density at radius 2 is 1.57 bits per heavy atom. The van der Waals surface area contributed by atoms with Gasteiger partial charge >= 0.3 is 0 Å². The maximum atomic E-state index is 14.7. The van der Waals surface area contributed by atoms with Crippen LogP contribution in [0, 0.1) is 5.82 Å². The summed E-state index contributed by atoms with van der Waals surface area (Å²) >= 11 is 12.2. The number of hydrogen-bond donors (Lipinski definition) is 1. The van der Waals surface area contributed by atoms with Crippen molar-refractivity contribution in [2.45, 2.75) is 12.1 Å². The predicted molar refractivity (Wildman–Crippen MR) is 156 cm³/mol. The van der Waals surface area contributed by atoms with E-state index in [4.69, 9.17) is 23.2 Å². The highest BCUT2D eigenvalue weighted by Gasteiger charge is 2.41. The molecule has 7 nitrogen and oxygen atoms in total. The first-order valence-electron chi connectivity index (χ1n) is 12.4. The van der Waals surface area contributed by atoms with Gasteiger partial charge in [0.05, 0.1) is 24.0 Å². The zero-order valence-corrected chi connectivity index (χ0v) is 23.7. The van der Waals surface area contributed by atoms with Crippen LogP contribution in [0.2, 0.25) is 10.0 Å². The van der Waals surface area contributed by atoms with E-state index < -0.39 is 27.8 Å². The van der Waals surface area contributed by atoms with Gasteiger partial charge in [0.15, 0.2) is 0 Å². The molecule has 0 radical (unpaired) electrons.